The third kappa shape index (κ3) is 1.92. The molecule has 2 aromatic heterocycles. The van der Waals surface area contributed by atoms with Crippen molar-refractivity contribution in [1.82, 2.24) is 4.40 Å². The SMILES string of the molecule is CC(C)c1c2ccc(C#N)n2cc[n+]1C.[I-]. The van der Waals surface area contributed by atoms with Crippen molar-refractivity contribution in [3.05, 3.63) is 35.9 Å². The lowest BCUT2D eigenvalue weighted by atomic mass is 10.1. The number of fused-ring (bicyclic) bond motifs is 1. The number of aryl methyl sites for hydroxylation is 1. The van der Waals surface area contributed by atoms with Gasteiger partial charge in [0.2, 0.25) is 5.69 Å². The first-order chi connectivity index (χ1) is 7.15. The lowest BCUT2D eigenvalue weighted by molar-refractivity contribution is -0.679. The average Bonchev–Trinajstić information content (AvgIpc) is 2.59. The zero-order valence-corrected chi connectivity index (χ0v) is 11.8. The Morgan fingerprint density at radius 3 is 2.62 bits per heavy atom. The van der Waals surface area contributed by atoms with Gasteiger partial charge in [0, 0.05) is 5.92 Å². The lowest BCUT2D eigenvalue weighted by Gasteiger charge is -2.05. The van der Waals surface area contributed by atoms with Crippen LogP contribution in [0, 0.1) is 11.3 Å². The third-order valence-corrected chi connectivity index (χ3v) is 2.66. The van der Waals surface area contributed by atoms with Crippen LogP contribution in [0.3, 0.4) is 0 Å². The van der Waals surface area contributed by atoms with E-state index in [4.69, 9.17) is 5.26 Å². The summed E-state index contributed by atoms with van der Waals surface area (Å²) in [4.78, 5) is 0. The van der Waals surface area contributed by atoms with Gasteiger partial charge in [-0.3, -0.25) is 4.40 Å². The normalized spacial score (nSPS) is 10.2. The third-order valence-electron chi connectivity index (χ3n) is 2.66. The lowest BCUT2D eigenvalue weighted by Crippen LogP contribution is -3.00. The van der Waals surface area contributed by atoms with Crippen LogP contribution in [-0.2, 0) is 7.05 Å². The standard InChI is InChI=1S/C12H14N3.HI/c1-9(2)12-11-5-4-10(8-13)15(11)7-6-14(12)3;/h4-7,9H,1-3H3;1H/q+1;/p-1. The van der Waals surface area contributed by atoms with Crippen molar-refractivity contribution in [3.8, 4) is 6.07 Å². The Morgan fingerprint density at radius 2 is 2.06 bits per heavy atom. The summed E-state index contributed by atoms with van der Waals surface area (Å²) in [6.07, 6.45) is 3.92. The van der Waals surface area contributed by atoms with E-state index in [2.05, 4.69) is 24.5 Å². The van der Waals surface area contributed by atoms with Gasteiger partial charge in [-0.05, 0) is 12.1 Å². The molecule has 0 unspecified atom stereocenters. The first-order valence-corrected chi connectivity index (χ1v) is 5.05. The van der Waals surface area contributed by atoms with Crippen molar-refractivity contribution in [1.29, 1.82) is 5.26 Å². The maximum atomic E-state index is 8.95. The molecule has 0 aliphatic carbocycles. The molecule has 0 aromatic carbocycles. The minimum atomic E-state index is 0. The first-order valence-electron chi connectivity index (χ1n) is 5.05. The Kier molecular flexibility index (Phi) is 3.92. The molecule has 0 amide bonds. The number of aromatic nitrogens is 2. The second-order valence-corrected chi connectivity index (χ2v) is 4.03. The second-order valence-electron chi connectivity index (χ2n) is 4.03. The number of halogens is 1. The molecule has 2 aromatic rings. The van der Waals surface area contributed by atoms with Crippen LogP contribution in [0.1, 0.15) is 31.2 Å². The van der Waals surface area contributed by atoms with E-state index in [1.165, 1.54) is 5.69 Å². The van der Waals surface area contributed by atoms with Crippen LogP contribution in [0.4, 0.5) is 0 Å². The Bertz CT molecular complexity index is 549. The molecule has 4 heteroatoms. The quantitative estimate of drug-likeness (QED) is 0.477. The molecule has 0 aliphatic rings. The van der Waals surface area contributed by atoms with Gasteiger partial charge < -0.3 is 24.0 Å². The number of nitriles is 1. The molecule has 0 bridgehead atoms. The van der Waals surface area contributed by atoms with Gasteiger partial charge >= 0.3 is 0 Å². The molecular formula is C12H14IN3. The van der Waals surface area contributed by atoms with E-state index in [0.717, 1.165) is 5.52 Å². The molecule has 0 spiro atoms. The molecule has 0 saturated heterocycles. The van der Waals surface area contributed by atoms with Crippen molar-refractivity contribution in [2.45, 2.75) is 19.8 Å². The molecule has 2 heterocycles. The number of rotatable bonds is 1. The molecule has 0 aliphatic heterocycles. The van der Waals surface area contributed by atoms with E-state index < -0.39 is 0 Å². The summed E-state index contributed by atoms with van der Waals surface area (Å²) < 4.78 is 4.05. The van der Waals surface area contributed by atoms with Crippen LogP contribution in [0.2, 0.25) is 0 Å². The fraction of sp³-hybridized carbons (Fsp3) is 0.333. The van der Waals surface area contributed by atoms with Crippen LogP contribution >= 0.6 is 0 Å². The van der Waals surface area contributed by atoms with Gasteiger partial charge in [-0.25, -0.2) is 4.57 Å². The van der Waals surface area contributed by atoms with Crippen molar-refractivity contribution in [2.75, 3.05) is 0 Å². The first kappa shape index (κ1) is 13.0. The fourth-order valence-corrected chi connectivity index (χ4v) is 2.04. The van der Waals surface area contributed by atoms with Crippen LogP contribution in [0.25, 0.3) is 5.52 Å². The Balaban J connectivity index is 0.00000128. The van der Waals surface area contributed by atoms with Gasteiger partial charge in [0.05, 0.1) is 6.20 Å². The molecule has 3 nitrogen and oxygen atoms in total. The van der Waals surface area contributed by atoms with E-state index in [1.807, 2.05) is 36.0 Å². The van der Waals surface area contributed by atoms with E-state index in [0.29, 0.717) is 11.6 Å². The molecule has 84 valence electrons. The van der Waals surface area contributed by atoms with Crippen molar-refractivity contribution in [3.63, 3.8) is 0 Å². The van der Waals surface area contributed by atoms with E-state index >= 15 is 0 Å². The highest BCUT2D eigenvalue weighted by Gasteiger charge is 2.17. The monoisotopic (exact) mass is 327 g/mol. The molecule has 0 saturated carbocycles. The summed E-state index contributed by atoms with van der Waals surface area (Å²) in [5, 5.41) is 8.95. The minimum absolute atomic E-state index is 0. The van der Waals surface area contributed by atoms with Gasteiger partial charge in [-0.15, -0.1) is 0 Å². The average molecular weight is 327 g/mol. The predicted octanol–water partition coefficient (Wildman–Crippen LogP) is -1.24. The van der Waals surface area contributed by atoms with Crippen LogP contribution < -0.4 is 28.5 Å². The Hall–Kier alpha value is -1.09. The highest BCUT2D eigenvalue weighted by atomic mass is 127. The number of hydrogen-bond donors (Lipinski definition) is 0. The van der Waals surface area contributed by atoms with Gasteiger partial charge in [-0.1, -0.05) is 13.8 Å². The van der Waals surface area contributed by atoms with E-state index in [-0.39, 0.29) is 24.0 Å². The zero-order valence-electron chi connectivity index (χ0n) is 9.61. The maximum Gasteiger partial charge on any atom is 0.207 e. The smallest absolute Gasteiger partial charge is 0.207 e. The zero-order chi connectivity index (χ0) is 11.0. The summed E-state index contributed by atoms with van der Waals surface area (Å²) in [5.74, 6) is 0.445. The highest BCUT2D eigenvalue weighted by molar-refractivity contribution is 5.55. The van der Waals surface area contributed by atoms with Gasteiger partial charge in [0.1, 0.15) is 24.3 Å². The van der Waals surface area contributed by atoms with Crippen molar-refractivity contribution in [2.24, 2.45) is 7.05 Å². The number of nitrogens with zero attached hydrogens (tertiary/aromatic N) is 3. The minimum Gasteiger partial charge on any atom is -1.00 e. The summed E-state index contributed by atoms with van der Waals surface area (Å²) in [6.45, 7) is 4.32. The van der Waals surface area contributed by atoms with Gasteiger partial charge in [0.25, 0.3) is 0 Å². The molecule has 2 rings (SSSR count). The van der Waals surface area contributed by atoms with Crippen molar-refractivity contribution >= 4 is 5.52 Å². The van der Waals surface area contributed by atoms with Crippen LogP contribution in [-0.4, -0.2) is 4.40 Å². The predicted molar refractivity (Wildman–Crippen MR) is 57.4 cm³/mol. The maximum absolute atomic E-state index is 8.95. The molecule has 0 atom stereocenters. The summed E-state index contributed by atoms with van der Waals surface area (Å²) >= 11 is 0. The van der Waals surface area contributed by atoms with Crippen LogP contribution in [0.15, 0.2) is 24.5 Å². The largest absolute Gasteiger partial charge is 1.00 e. The Labute approximate surface area is 112 Å². The second kappa shape index (κ2) is 4.83. The molecular weight excluding hydrogens is 313 g/mol. The molecule has 0 fully saturated rings. The highest BCUT2D eigenvalue weighted by Crippen LogP contribution is 2.18. The topological polar surface area (TPSA) is 32.1 Å². The molecule has 16 heavy (non-hydrogen) atoms. The molecule has 0 radical (unpaired) electrons. The van der Waals surface area contributed by atoms with Gasteiger partial charge in [-0.2, -0.15) is 5.26 Å². The van der Waals surface area contributed by atoms with E-state index in [9.17, 15) is 0 Å². The Morgan fingerprint density at radius 1 is 1.38 bits per heavy atom. The molecule has 0 N–H and O–H groups in total. The summed E-state index contributed by atoms with van der Waals surface area (Å²) in [5.41, 5.74) is 3.05. The van der Waals surface area contributed by atoms with E-state index in [1.54, 1.807) is 0 Å². The van der Waals surface area contributed by atoms with Crippen LogP contribution in [0.5, 0.6) is 0 Å². The fourth-order valence-electron chi connectivity index (χ4n) is 2.04. The number of hydrogen-bond acceptors (Lipinski definition) is 1. The van der Waals surface area contributed by atoms with Crippen molar-refractivity contribution < 1.29 is 28.5 Å². The van der Waals surface area contributed by atoms with Gasteiger partial charge in [0.15, 0.2) is 6.20 Å². The summed E-state index contributed by atoms with van der Waals surface area (Å²) in [7, 11) is 2.04. The summed E-state index contributed by atoms with van der Waals surface area (Å²) in [6, 6.07) is 6.06.